The Balaban J connectivity index is 2.70. The number of hydrogen-bond acceptors (Lipinski definition) is 3. The molecular weight excluding hydrogens is 234 g/mol. The molecular formula is C13H18NO4+. The molecule has 0 aliphatic rings. The summed E-state index contributed by atoms with van der Waals surface area (Å²) in [7, 11) is 0. The van der Waals surface area contributed by atoms with Gasteiger partial charge in [-0.15, -0.1) is 0 Å². The molecule has 1 aromatic carbocycles. The van der Waals surface area contributed by atoms with Gasteiger partial charge in [0.05, 0.1) is 17.4 Å². The predicted octanol–water partition coefficient (Wildman–Crippen LogP) is 2.62. The molecule has 0 heterocycles. The summed E-state index contributed by atoms with van der Waals surface area (Å²) in [6.07, 6.45) is 1.27. The van der Waals surface area contributed by atoms with Gasteiger partial charge in [-0.1, -0.05) is 19.1 Å². The van der Waals surface area contributed by atoms with Crippen molar-refractivity contribution in [2.45, 2.75) is 26.7 Å². The molecule has 0 aliphatic carbocycles. The second kappa shape index (κ2) is 6.74. The lowest BCUT2D eigenvalue weighted by Gasteiger charge is -2.13. The normalized spacial score (nSPS) is 11.9. The summed E-state index contributed by atoms with van der Waals surface area (Å²) < 4.78 is 4.99. The number of carbonyl (C=O) groups excluding carboxylic acids is 1. The third-order valence-electron chi connectivity index (χ3n) is 2.75. The highest BCUT2D eigenvalue weighted by molar-refractivity contribution is 5.72. The largest absolute Gasteiger partial charge is 0.466 e. The third-order valence-corrected chi connectivity index (χ3v) is 2.75. The van der Waals surface area contributed by atoms with Crippen LogP contribution < -0.4 is 0 Å². The van der Waals surface area contributed by atoms with E-state index in [9.17, 15) is 9.70 Å². The van der Waals surface area contributed by atoms with Gasteiger partial charge in [-0.05, 0) is 25.3 Å². The van der Waals surface area contributed by atoms with Crippen LogP contribution in [0.3, 0.4) is 0 Å². The van der Waals surface area contributed by atoms with Crippen LogP contribution in [0.5, 0.6) is 0 Å². The SMILES string of the molecule is CCOC(=O)C(CC)Cc1ccc([N+](=O)O)cc1. The number of benzene rings is 1. The molecule has 1 N–H and O–H groups in total. The van der Waals surface area contributed by atoms with Crippen LogP contribution in [0, 0.1) is 10.8 Å². The van der Waals surface area contributed by atoms with E-state index >= 15 is 0 Å². The van der Waals surface area contributed by atoms with E-state index in [-0.39, 0.29) is 22.5 Å². The Morgan fingerprint density at radius 3 is 2.39 bits per heavy atom. The maximum absolute atomic E-state index is 11.6. The van der Waals surface area contributed by atoms with Crippen molar-refractivity contribution in [3.63, 3.8) is 0 Å². The minimum Gasteiger partial charge on any atom is -0.466 e. The molecule has 98 valence electrons. The highest BCUT2D eigenvalue weighted by Gasteiger charge is 2.19. The van der Waals surface area contributed by atoms with E-state index in [1.165, 1.54) is 12.1 Å². The standard InChI is InChI=1S/C13H18NO4/c1-3-11(13(15)18-4-2)9-10-5-7-12(8-6-10)14(16)17/h5-8,11H,3-4,9H2,1-2H3,(H,16,17)/q+1. The number of carbonyl (C=O) groups is 1. The van der Waals surface area contributed by atoms with Crippen LogP contribution in [0.1, 0.15) is 25.8 Å². The smallest absolute Gasteiger partial charge is 0.316 e. The maximum Gasteiger partial charge on any atom is 0.316 e. The van der Waals surface area contributed by atoms with Crippen LogP contribution in [0.15, 0.2) is 24.3 Å². The average Bonchev–Trinajstić information content (AvgIpc) is 2.36. The van der Waals surface area contributed by atoms with Gasteiger partial charge < -0.3 is 4.74 Å². The van der Waals surface area contributed by atoms with Gasteiger partial charge in [0.2, 0.25) is 0 Å². The van der Waals surface area contributed by atoms with Crippen molar-refractivity contribution in [3.8, 4) is 0 Å². The molecule has 0 saturated carbocycles. The number of nitrogens with zero attached hydrogens (tertiary/aromatic N) is 1. The Bertz CT molecular complexity index is 414. The minimum atomic E-state index is -0.198. The highest BCUT2D eigenvalue weighted by atomic mass is 16.6. The van der Waals surface area contributed by atoms with Crippen molar-refractivity contribution in [2.24, 2.45) is 5.92 Å². The Morgan fingerprint density at radius 1 is 1.33 bits per heavy atom. The van der Waals surface area contributed by atoms with E-state index < -0.39 is 0 Å². The number of rotatable bonds is 6. The molecule has 0 bridgehead atoms. The van der Waals surface area contributed by atoms with Crippen molar-refractivity contribution in [1.29, 1.82) is 0 Å². The lowest BCUT2D eigenvalue weighted by molar-refractivity contribution is -0.729. The fourth-order valence-corrected chi connectivity index (χ4v) is 1.70. The number of esters is 1. The van der Waals surface area contributed by atoms with Crippen LogP contribution in [-0.2, 0) is 16.0 Å². The Labute approximate surface area is 106 Å². The lowest BCUT2D eigenvalue weighted by Crippen LogP contribution is -2.19. The number of hydrogen-bond donors (Lipinski definition) is 1. The predicted molar refractivity (Wildman–Crippen MR) is 65.6 cm³/mol. The van der Waals surface area contributed by atoms with Gasteiger partial charge in [0.25, 0.3) is 4.92 Å². The Morgan fingerprint density at radius 2 is 1.94 bits per heavy atom. The van der Waals surface area contributed by atoms with Gasteiger partial charge in [-0.3, -0.25) is 4.79 Å². The quantitative estimate of drug-likeness (QED) is 0.624. The zero-order valence-electron chi connectivity index (χ0n) is 10.6. The van der Waals surface area contributed by atoms with Gasteiger partial charge in [-0.2, -0.15) is 0 Å². The minimum absolute atomic E-state index is 0.169. The summed E-state index contributed by atoms with van der Waals surface area (Å²) in [4.78, 5) is 22.1. The first-order valence-electron chi connectivity index (χ1n) is 6.00. The summed E-state index contributed by atoms with van der Waals surface area (Å²) in [6, 6.07) is 6.47. The first-order chi connectivity index (χ1) is 8.58. The van der Waals surface area contributed by atoms with Gasteiger partial charge in [0.1, 0.15) is 0 Å². The first kappa shape index (κ1) is 14.2. The first-order valence-corrected chi connectivity index (χ1v) is 6.00. The van der Waals surface area contributed by atoms with E-state index in [1.54, 1.807) is 19.1 Å². The molecule has 1 rings (SSSR count). The highest BCUT2D eigenvalue weighted by Crippen LogP contribution is 2.17. The van der Waals surface area contributed by atoms with Crippen molar-refractivity contribution in [2.75, 3.05) is 6.61 Å². The summed E-state index contributed by atoms with van der Waals surface area (Å²) in [5.74, 6) is -0.370. The summed E-state index contributed by atoms with van der Waals surface area (Å²) in [5, 5.41) is 8.70. The molecule has 1 unspecified atom stereocenters. The molecule has 5 nitrogen and oxygen atoms in total. The molecule has 1 aromatic rings. The molecule has 0 aliphatic heterocycles. The van der Waals surface area contributed by atoms with Gasteiger partial charge >= 0.3 is 11.7 Å². The molecule has 0 saturated heterocycles. The van der Waals surface area contributed by atoms with Gasteiger partial charge in [0.15, 0.2) is 0 Å². The third kappa shape index (κ3) is 3.84. The number of ether oxygens (including phenoxy) is 1. The molecule has 0 amide bonds. The molecule has 0 fully saturated rings. The lowest BCUT2D eigenvalue weighted by atomic mass is 9.97. The van der Waals surface area contributed by atoms with Gasteiger partial charge in [0, 0.05) is 12.1 Å². The van der Waals surface area contributed by atoms with Crippen molar-refractivity contribution < 1.29 is 19.7 Å². The van der Waals surface area contributed by atoms with E-state index in [2.05, 4.69) is 0 Å². The van der Waals surface area contributed by atoms with E-state index in [1.807, 2.05) is 6.92 Å². The van der Waals surface area contributed by atoms with Crippen LogP contribution in [0.2, 0.25) is 0 Å². The molecule has 0 aromatic heterocycles. The molecule has 1 atom stereocenters. The van der Waals surface area contributed by atoms with Crippen LogP contribution >= 0.6 is 0 Å². The van der Waals surface area contributed by atoms with Crippen molar-refractivity contribution in [1.82, 2.24) is 0 Å². The van der Waals surface area contributed by atoms with E-state index in [0.717, 1.165) is 5.56 Å². The van der Waals surface area contributed by atoms with Crippen LogP contribution in [0.4, 0.5) is 5.69 Å². The Kier molecular flexibility index (Phi) is 5.30. The molecule has 0 radical (unpaired) electrons. The van der Waals surface area contributed by atoms with Gasteiger partial charge in [-0.25, -0.2) is 5.21 Å². The maximum atomic E-state index is 11.6. The summed E-state index contributed by atoms with van der Waals surface area (Å²) in [6.45, 7) is 4.09. The molecule has 18 heavy (non-hydrogen) atoms. The monoisotopic (exact) mass is 252 g/mol. The second-order valence-corrected chi connectivity index (χ2v) is 4.00. The molecule has 5 heteroatoms. The summed E-state index contributed by atoms with van der Waals surface area (Å²) >= 11 is 0. The topological polar surface area (TPSA) is 66.6 Å². The zero-order valence-corrected chi connectivity index (χ0v) is 10.6. The molecule has 0 spiro atoms. The van der Waals surface area contributed by atoms with Crippen molar-refractivity contribution >= 4 is 11.7 Å². The Hall–Kier alpha value is -1.91. The average molecular weight is 252 g/mol. The van der Waals surface area contributed by atoms with Crippen molar-refractivity contribution in [3.05, 3.63) is 34.7 Å². The fourth-order valence-electron chi connectivity index (χ4n) is 1.70. The summed E-state index contributed by atoms with van der Waals surface area (Å²) in [5.41, 5.74) is 1.10. The fraction of sp³-hybridized carbons (Fsp3) is 0.462. The van der Waals surface area contributed by atoms with Crippen LogP contribution in [0.25, 0.3) is 0 Å². The van der Waals surface area contributed by atoms with E-state index in [4.69, 9.17) is 9.94 Å². The zero-order chi connectivity index (χ0) is 13.5. The van der Waals surface area contributed by atoms with E-state index in [0.29, 0.717) is 19.4 Å². The van der Waals surface area contributed by atoms with Crippen LogP contribution in [-0.4, -0.2) is 22.7 Å². The second-order valence-electron chi connectivity index (χ2n) is 4.00.